The van der Waals surface area contributed by atoms with Crippen molar-refractivity contribution in [3.05, 3.63) is 69.2 Å². The highest BCUT2D eigenvalue weighted by Crippen LogP contribution is 2.28. The second kappa shape index (κ2) is 5.66. The van der Waals surface area contributed by atoms with Gasteiger partial charge in [0, 0.05) is 33.7 Å². The molecule has 2 aromatic carbocycles. The van der Waals surface area contributed by atoms with Crippen LogP contribution in [-0.4, -0.2) is 15.9 Å². The van der Waals surface area contributed by atoms with Crippen LogP contribution in [0.5, 0.6) is 0 Å². The van der Waals surface area contributed by atoms with Gasteiger partial charge in [-0.15, -0.1) is 0 Å². The summed E-state index contributed by atoms with van der Waals surface area (Å²) < 4.78 is 0. The topological polar surface area (TPSA) is 96.2 Å². The van der Waals surface area contributed by atoms with Crippen LogP contribution in [0.2, 0.25) is 5.02 Å². The third-order valence-corrected chi connectivity index (χ3v) is 3.61. The maximum absolute atomic E-state index is 11.4. The molecule has 0 amide bonds. The molecule has 6 nitrogen and oxygen atoms in total. The van der Waals surface area contributed by atoms with Crippen LogP contribution in [-0.2, 0) is 0 Å². The fourth-order valence-corrected chi connectivity index (χ4v) is 2.39. The highest BCUT2D eigenvalue weighted by Gasteiger charge is 2.13. The predicted octanol–water partition coefficient (Wildman–Crippen LogP) is 2.83. The molecular weight excluding hydrogens is 320 g/mol. The van der Waals surface area contributed by atoms with E-state index in [1.165, 1.54) is 24.3 Å². The van der Waals surface area contributed by atoms with Gasteiger partial charge in [0.2, 0.25) is 0 Å². The van der Waals surface area contributed by atoms with E-state index in [1.54, 1.807) is 24.3 Å². The molecule has 23 heavy (non-hydrogen) atoms. The number of nitrogens with zero attached hydrogens (tertiary/aromatic N) is 2. The summed E-state index contributed by atoms with van der Waals surface area (Å²) in [5, 5.41) is 23.0. The van der Waals surface area contributed by atoms with Crippen molar-refractivity contribution < 1.29 is 14.8 Å². The quantitative estimate of drug-likeness (QED) is 0.544. The van der Waals surface area contributed by atoms with E-state index >= 15 is 0 Å². The molecule has 7 heteroatoms. The number of rotatable bonds is 3. The minimum absolute atomic E-state index is 0.149. The van der Waals surface area contributed by atoms with Gasteiger partial charge in [0.25, 0.3) is 5.69 Å². The Kier molecular flexibility index (Phi) is 3.67. The minimum Gasteiger partial charge on any atom is -0.545 e. The van der Waals surface area contributed by atoms with E-state index in [2.05, 4.69) is 4.98 Å². The van der Waals surface area contributed by atoms with Gasteiger partial charge in [-0.25, -0.2) is 4.98 Å². The van der Waals surface area contributed by atoms with Crippen molar-refractivity contribution in [3.8, 4) is 11.3 Å². The first kappa shape index (κ1) is 14.9. The van der Waals surface area contributed by atoms with Crippen LogP contribution in [0.4, 0.5) is 5.69 Å². The molecule has 114 valence electrons. The average Bonchev–Trinajstić information content (AvgIpc) is 2.53. The minimum atomic E-state index is -1.42. The number of nitro groups is 1. The molecule has 0 bridgehead atoms. The van der Waals surface area contributed by atoms with E-state index in [4.69, 9.17) is 11.6 Å². The summed E-state index contributed by atoms with van der Waals surface area (Å²) in [5.41, 5.74) is 1.08. The number of pyridine rings is 1. The number of aromatic carboxylic acids is 1. The highest BCUT2D eigenvalue weighted by atomic mass is 35.5. The van der Waals surface area contributed by atoms with Gasteiger partial charge in [0.15, 0.2) is 0 Å². The second-order valence-corrected chi connectivity index (χ2v) is 5.24. The summed E-state index contributed by atoms with van der Waals surface area (Å²) in [6, 6.07) is 12.0. The number of carbonyl (C=O) groups excluding carboxylic acids is 1. The number of hydrogen-bond donors (Lipinski definition) is 0. The lowest BCUT2D eigenvalue weighted by Crippen LogP contribution is -2.22. The summed E-state index contributed by atoms with van der Waals surface area (Å²) >= 11 is 5.83. The molecule has 0 radical (unpaired) electrons. The number of fused-ring (bicyclic) bond motifs is 1. The lowest BCUT2D eigenvalue weighted by molar-refractivity contribution is -0.384. The molecule has 0 fully saturated rings. The number of carboxylic acid groups (broad SMARTS) is 1. The van der Waals surface area contributed by atoms with Crippen molar-refractivity contribution in [3.63, 3.8) is 0 Å². The van der Waals surface area contributed by atoms with E-state index in [0.717, 1.165) is 0 Å². The molecule has 0 saturated carbocycles. The smallest absolute Gasteiger partial charge is 0.270 e. The number of carboxylic acids is 1. The number of halogens is 1. The van der Waals surface area contributed by atoms with Crippen molar-refractivity contribution in [1.82, 2.24) is 4.98 Å². The van der Waals surface area contributed by atoms with Crippen molar-refractivity contribution in [2.75, 3.05) is 0 Å². The Labute approximate surface area is 135 Å². The molecule has 0 aliphatic rings. The SMILES string of the molecule is O=C([O-])c1cc(-c2ccc(Cl)cc2)nc2ccc([N+](=O)[O-])cc12. The summed E-state index contributed by atoms with van der Waals surface area (Å²) in [7, 11) is 0. The van der Waals surface area contributed by atoms with Crippen molar-refractivity contribution in [1.29, 1.82) is 0 Å². The van der Waals surface area contributed by atoms with Gasteiger partial charge < -0.3 is 9.90 Å². The standard InChI is InChI=1S/C16H9ClN2O4/c17-10-3-1-9(2-4-10)15-8-13(16(20)21)12-7-11(19(22)23)5-6-14(12)18-15/h1-8H,(H,20,21)/p-1. The Morgan fingerprint density at radius 2 is 1.78 bits per heavy atom. The van der Waals surface area contributed by atoms with Crippen LogP contribution in [0.1, 0.15) is 10.4 Å². The van der Waals surface area contributed by atoms with Crippen LogP contribution in [0, 0.1) is 10.1 Å². The van der Waals surface area contributed by atoms with Crippen LogP contribution in [0.3, 0.4) is 0 Å². The molecule has 3 aromatic rings. The van der Waals surface area contributed by atoms with E-state index in [9.17, 15) is 20.0 Å². The summed E-state index contributed by atoms with van der Waals surface area (Å²) in [6.45, 7) is 0. The van der Waals surface area contributed by atoms with Crippen LogP contribution < -0.4 is 5.11 Å². The van der Waals surface area contributed by atoms with Gasteiger partial charge in [-0.3, -0.25) is 10.1 Å². The molecule has 0 spiro atoms. The van der Waals surface area contributed by atoms with Gasteiger partial charge in [-0.2, -0.15) is 0 Å². The number of non-ortho nitro benzene ring substituents is 1. The Bertz CT molecular complexity index is 939. The maximum atomic E-state index is 11.4. The maximum Gasteiger partial charge on any atom is 0.270 e. The third-order valence-electron chi connectivity index (χ3n) is 3.36. The first-order valence-electron chi connectivity index (χ1n) is 6.52. The van der Waals surface area contributed by atoms with Crippen molar-refractivity contribution in [2.45, 2.75) is 0 Å². The number of aromatic nitrogens is 1. The monoisotopic (exact) mass is 327 g/mol. The summed E-state index contributed by atoms with van der Waals surface area (Å²) in [6.07, 6.45) is 0. The van der Waals surface area contributed by atoms with Gasteiger partial charge in [0.1, 0.15) is 0 Å². The molecular formula is C16H8ClN2O4-. The number of hydrogen-bond acceptors (Lipinski definition) is 5. The Morgan fingerprint density at radius 1 is 1.09 bits per heavy atom. The fourth-order valence-electron chi connectivity index (χ4n) is 2.26. The first-order chi connectivity index (χ1) is 11.0. The normalized spacial score (nSPS) is 10.7. The van der Waals surface area contributed by atoms with Gasteiger partial charge >= 0.3 is 0 Å². The fraction of sp³-hybridized carbons (Fsp3) is 0. The van der Waals surface area contributed by atoms with E-state index in [-0.39, 0.29) is 16.6 Å². The van der Waals surface area contributed by atoms with Crippen molar-refractivity contribution in [2.24, 2.45) is 0 Å². The molecule has 1 heterocycles. The summed E-state index contributed by atoms with van der Waals surface area (Å²) in [5.74, 6) is -1.42. The predicted molar refractivity (Wildman–Crippen MR) is 83.2 cm³/mol. The van der Waals surface area contributed by atoms with E-state index in [0.29, 0.717) is 21.8 Å². The lowest BCUT2D eigenvalue weighted by Gasteiger charge is -2.10. The Hall–Kier alpha value is -2.99. The first-order valence-corrected chi connectivity index (χ1v) is 6.90. The largest absolute Gasteiger partial charge is 0.545 e. The van der Waals surface area contributed by atoms with Crippen LogP contribution >= 0.6 is 11.6 Å². The van der Waals surface area contributed by atoms with Gasteiger partial charge in [0.05, 0.1) is 22.1 Å². The second-order valence-electron chi connectivity index (χ2n) is 4.81. The zero-order valence-electron chi connectivity index (χ0n) is 11.5. The number of carbonyl (C=O) groups is 1. The van der Waals surface area contributed by atoms with Crippen molar-refractivity contribution >= 4 is 34.2 Å². The molecule has 0 saturated heterocycles. The van der Waals surface area contributed by atoms with Crippen LogP contribution in [0.25, 0.3) is 22.2 Å². The molecule has 3 rings (SSSR count). The average molecular weight is 328 g/mol. The zero-order chi connectivity index (χ0) is 16.6. The molecule has 1 aromatic heterocycles. The Morgan fingerprint density at radius 3 is 2.39 bits per heavy atom. The van der Waals surface area contributed by atoms with Gasteiger partial charge in [-0.1, -0.05) is 23.7 Å². The molecule has 0 unspecified atom stereocenters. The molecule has 0 aliphatic carbocycles. The molecule has 0 atom stereocenters. The Balaban J connectivity index is 2.26. The lowest BCUT2D eigenvalue weighted by atomic mass is 10.0. The van der Waals surface area contributed by atoms with E-state index in [1.807, 2.05) is 0 Å². The number of nitro benzene ring substituents is 1. The van der Waals surface area contributed by atoms with E-state index < -0.39 is 10.9 Å². The third kappa shape index (κ3) is 2.84. The summed E-state index contributed by atoms with van der Waals surface area (Å²) in [4.78, 5) is 26.0. The van der Waals surface area contributed by atoms with Crippen LogP contribution in [0.15, 0.2) is 48.5 Å². The zero-order valence-corrected chi connectivity index (χ0v) is 12.3. The molecule has 0 N–H and O–H groups in total. The number of benzene rings is 2. The van der Waals surface area contributed by atoms with Gasteiger partial charge in [-0.05, 0) is 24.3 Å². The highest BCUT2D eigenvalue weighted by molar-refractivity contribution is 6.30. The molecule has 0 aliphatic heterocycles.